The molecule has 0 aliphatic carbocycles. The summed E-state index contributed by atoms with van der Waals surface area (Å²) < 4.78 is 1.69. The van der Waals surface area contributed by atoms with E-state index in [-0.39, 0.29) is 12.5 Å². The number of anilines is 1. The normalized spacial score (nSPS) is 14.5. The lowest BCUT2D eigenvalue weighted by Crippen LogP contribution is -2.15. The van der Waals surface area contributed by atoms with E-state index in [0.717, 1.165) is 27.9 Å². The molecule has 1 amide bonds. The first-order chi connectivity index (χ1) is 14.0. The van der Waals surface area contributed by atoms with Gasteiger partial charge in [0.25, 0.3) is 0 Å². The quantitative estimate of drug-likeness (QED) is 0.601. The van der Waals surface area contributed by atoms with Crippen LogP contribution >= 0.6 is 0 Å². The van der Waals surface area contributed by atoms with Crippen LogP contribution in [0.3, 0.4) is 0 Å². The Morgan fingerprint density at radius 3 is 2.69 bits per heavy atom. The van der Waals surface area contributed by atoms with Gasteiger partial charge in [0.2, 0.25) is 5.91 Å². The molecular formula is C23H21N3O3. The van der Waals surface area contributed by atoms with E-state index in [0.29, 0.717) is 12.2 Å². The van der Waals surface area contributed by atoms with Crippen molar-refractivity contribution in [1.82, 2.24) is 9.55 Å². The maximum atomic E-state index is 11.5. The average molecular weight is 387 g/mol. The van der Waals surface area contributed by atoms with Gasteiger partial charge in [-0.1, -0.05) is 36.1 Å². The number of aliphatic hydroxyl groups is 2. The zero-order chi connectivity index (χ0) is 20.4. The van der Waals surface area contributed by atoms with Crippen LogP contribution < -0.4 is 5.32 Å². The summed E-state index contributed by atoms with van der Waals surface area (Å²) in [6.07, 6.45) is 2.98. The predicted octanol–water partition coefficient (Wildman–Crippen LogP) is 2.68. The molecule has 1 aliphatic rings. The second-order valence-corrected chi connectivity index (χ2v) is 7.01. The lowest BCUT2D eigenvalue weighted by molar-refractivity contribution is -0.115. The molecule has 3 N–H and O–H groups in total. The topological polar surface area (TPSA) is 87.4 Å². The van der Waals surface area contributed by atoms with Crippen molar-refractivity contribution in [2.75, 3.05) is 11.9 Å². The molecule has 0 saturated heterocycles. The fourth-order valence-electron chi connectivity index (χ4n) is 3.42. The van der Waals surface area contributed by atoms with Crippen LogP contribution in [0.1, 0.15) is 36.0 Å². The fourth-order valence-corrected chi connectivity index (χ4v) is 3.42. The maximum Gasteiger partial charge on any atom is 0.228 e. The van der Waals surface area contributed by atoms with E-state index >= 15 is 0 Å². The van der Waals surface area contributed by atoms with Crippen molar-refractivity contribution in [3.8, 4) is 23.0 Å². The number of hydrogen-bond acceptors (Lipinski definition) is 4. The van der Waals surface area contributed by atoms with Crippen molar-refractivity contribution in [3.05, 3.63) is 71.8 Å². The van der Waals surface area contributed by atoms with Gasteiger partial charge in [-0.25, -0.2) is 4.98 Å². The molecule has 4 rings (SSSR count). The number of hydrogen-bond donors (Lipinski definition) is 3. The average Bonchev–Trinajstić information content (AvgIpc) is 3.34. The van der Waals surface area contributed by atoms with Crippen LogP contribution in [0.4, 0.5) is 5.69 Å². The second kappa shape index (κ2) is 7.92. The zero-order valence-electron chi connectivity index (χ0n) is 16.0. The third kappa shape index (κ3) is 3.92. The lowest BCUT2D eigenvalue weighted by Gasteiger charge is -2.14. The van der Waals surface area contributed by atoms with E-state index in [1.807, 2.05) is 42.5 Å². The standard InChI is InChI=1S/C23H21N3O3/c1-15(28)23-24-10-11-26(23)20(14-27)9-4-16-2-5-17(6-3-16)18-7-8-19-13-22(29)25-21(19)12-18/h2-3,5-8,10-12,15,20,27-28H,13-14H2,1H3,(H,25,29)/t15-,20-/m0/s1. The highest BCUT2D eigenvalue weighted by molar-refractivity contribution is 5.99. The summed E-state index contributed by atoms with van der Waals surface area (Å²) in [5, 5.41) is 22.4. The smallest absolute Gasteiger partial charge is 0.228 e. The molecule has 29 heavy (non-hydrogen) atoms. The van der Waals surface area contributed by atoms with Crippen LogP contribution in [0.25, 0.3) is 11.1 Å². The van der Waals surface area contributed by atoms with Crippen molar-refractivity contribution < 1.29 is 15.0 Å². The van der Waals surface area contributed by atoms with Crippen molar-refractivity contribution in [1.29, 1.82) is 0 Å². The highest BCUT2D eigenvalue weighted by atomic mass is 16.3. The number of benzene rings is 2. The predicted molar refractivity (Wildman–Crippen MR) is 110 cm³/mol. The van der Waals surface area contributed by atoms with Gasteiger partial charge in [-0.15, -0.1) is 0 Å². The Morgan fingerprint density at radius 2 is 1.97 bits per heavy atom. The first kappa shape index (κ1) is 18.9. The Hall–Kier alpha value is -3.40. The molecular weight excluding hydrogens is 366 g/mol. The highest BCUT2D eigenvalue weighted by Gasteiger charge is 2.18. The summed E-state index contributed by atoms with van der Waals surface area (Å²) in [6, 6.07) is 13.3. The van der Waals surface area contributed by atoms with Gasteiger partial charge in [-0.05, 0) is 41.8 Å². The molecule has 0 unspecified atom stereocenters. The van der Waals surface area contributed by atoms with E-state index < -0.39 is 12.1 Å². The van der Waals surface area contributed by atoms with Gasteiger partial charge in [0, 0.05) is 23.6 Å². The van der Waals surface area contributed by atoms with Crippen LogP contribution in [0, 0.1) is 11.8 Å². The third-order valence-electron chi connectivity index (χ3n) is 4.92. The molecule has 6 nitrogen and oxygen atoms in total. The molecule has 0 radical (unpaired) electrons. The fraction of sp³-hybridized carbons (Fsp3) is 0.217. The molecule has 3 aromatic rings. The Kier molecular flexibility index (Phi) is 5.17. The Morgan fingerprint density at radius 1 is 1.21 bits per heavy atom. The minimum absolute atomic E-state index is 0.0258. The minimum Gasteiger partial charge on any atom is -0.393 e. The first-order valence-corrected chi connectivity index (χ1v) is 9.41. The van der Waals surface area contributed by atoms with Gasteiger partial charge >= 0.3 is 0 Å². The van der Waals surface area contributed by atoms with Gasteiger partial charge in [0.15, 0.2) is 0 Å². The summed E-state index contributed by atoms with van der Waals surface area (Å²) in [5.41, 5.74) is 4.77. The van der Waals surface area contributed by atoms with Gasteiger partial charge in [-0.3, -0.25) is 4.79 Å². The number of nitrogens with one attached hydrogen (secondary N) is 1. The number of carbonyl (C=O) groups is 1. The van der Waals surface area contributed by atoms with E-state index in [4.69, 9.17) is 0 Å². The summed E-state index contributed by atoms with van der Waals surface area (Å²) in [7, 11) is 0. The summed E-state index contributed by atoms with van der Waals surface area (Å²) in [4.78, 5) is 15.6. The van der Waals surface area contributed by atoms with Crippen LogP contribution in [0.5, 0.6) is 0 Å². The lowest BCUT2D eigenvalue weighted by atomic mass is 10.0. The molecule has 0 bridgehead atoms. The van der Waals surface area contributed by atoms with Crippen LogP contribution in [-0.4, -0.2) is 32.3 Å². The summed E-state index contributed by atoms with van der Waals surface area (Å²) in [5.74, 6) is 6.62. The van der Waals surface area contributed by atoms with Crippen LogP contribution in [-0.2, 0) is 11.2 Å². The molecule has 0 spiro atoms. The number of fused-ring (bicyclic) bond motifs is 1. The summed E-state index contributed by atoms with van der Waals surface area (Å²) >= 11 is 0. The minimum atomic E-state index is -0.739. The van der Waals surface area contributed by atoms with Crippen molar-refractivity contribution >= 4 is 11.6 Å². The SMILES string of the molecule is C[C@H](O)c1nccn1[C@@H](C#Cc1ccc(-c2ccc3c(c2)NC(=O)C3)cc1)CO. The molecule has 1 aliphatic heterocycles. The molecule has 0 saturated carbocycles. The largest absolute Gasteiger partial charge is 0.393 e. The number of imidazole rings is 1. The first-order valence-electron chi connectivity index (χ1n) is 9.41. The van der Waals surface area contributed by atoms with Gasteiger partial charge in [0.1, 0.15) is 18.0 Å². The zero-order valence-corrected chi connectivity index (χ0v) is 16.0. The Bertz CT molecular complexity index is 1100. The molecule has 2 heterocycles. The van der Waals surface area contributed by atoms with Crippen LogP contribution in [0.15, 0.2) is 54.9 Å². The summed E-state index contributed by atoms with van der Waals surface area (Å²) in [6.45, 7) is 1.45. The highest BCUT2D eigenvalue weighted by Crippen LogP contribution is 2.29. The number of rotatable bonds is 4. The molecule has 146 valence electrons. The van der Waals surface area contributed by atoms with E-state index in [1.165, 1.54) is 0 Å². The van der Waals surface area contributed by atoms with Crippen molar-refractivity contribution in [2.45, 2.75) is 25.5 Å². The number of aliphatic hydroxyl groups excluding tert-OH is 2. The molecule has 0 fully saturated rings. The van der Waals surface area contributed by atoms with Crippen molar-refractivity contribution in [3.63, 3.8) is 0 Å². The maximum absolute atomic E-state index is 11.5. The van der Waals surface area contributed by atoms with Crippen LogP contribution in [0.2, 0.25) is 0 Å². The van der Waals surface area contributed by atoms with E-state index in [1.54, 1.807) is 23.9 Å². The van der Waals surface area contributed by atoms with Crippen molar-refractivity contribution in [2.24, 2.45) is 0 Å². The van der Waals surface area contributed by atoms with E-state index in [2.05, 4.69) is 22.1 Å². The molecule has 1 aromatic heterocycles. The molecule has 2 atom stereocenters. The number of aromatic nitrogens is 2. The van der Waals surface area contributed by atoms with Gasteiger partial charge < -0.3 is 20.1 Å². The third-order valence-corrected chi connectivity index (χ3v) is 4.92. The number of nitrogens with zero attached hydrogens (tertiary/aromatic N) is 2. The Labute approximate surface area is 168 Å². The molecule has 6 heteroatoms. The number of carbonyl (C=O) groups excluding carboxylic acids is 1. The monoisotopic (exact) mass is 387 g/mol. The Balaban J connectivity index is 1.54. The second-order valence-electron chi connectivity index (χ2n) is 7.01. The number of amides is 1. The van der Waals surface area contributed by atoms with Gasteiger partial charge in [-0.2, -0.15) is 0 Å². The molecule has 2 aromatic carbocycles. The van der Waals surface area contributed by atoms with Gasteiger partial charge in [0.05, 0.1) is 13.0 Å². The van der Waals surface area contributed by atoms with E-state index in [9.17, 15) is 15.0 Å².